The van der Waals surface area contributed by atoms with E-state index in [0.717, 1.165) is 18.0 Å². The van der Waals surface area contributed by atoms with Crippen molar-refractivity contribution < 1.29 is 9.90 Å². The van der Waals surface area contributed by atoms with Gasteiger partial charge in [0.15, 0.2) is 0 Å². The molecule has 0 saturated carbocycles. The van der Waals surface area contributed by atoms with Crippen molar-refractivity contribution >= 4 is 35.0 Å². The van der Waals surface area contributed by atoms with Crippen molar-refractivity contribution in [2.75, 3.05) is 23.7 Å². The molecule has 0 aliphatic carbocycles. The molecule has 1 aromatic carbocycles. The molecule has 5 heteroatoms. The Hall–Kier alpha value is -0.870. The van der Waals surface area contributed by atoms with Gasteiger partial charge in [-0.25, -0.2) is 0 Å². The van der Waals surface area contributed by atoms with Crippen LogP contribution < -0.4 is 4.90 Å². The highest BCUT2D eigenvalue weighted by Crippen LogP contribution is 2.26. The van der Waals surface area contributed by atoms with E-state index in [1.54, 1.807) is 0 Å². The lowest BCUT2D eigenvalue weighted by Gasteiger charge is -2.32. The van der Waals surface area contributed by atoms with Gasteiger partial charge in [-0.15, -0.1) is 11.8 Å². The molecule has 3 nitrogen and oxygen atoms in total. The fourth-order valence-electron chi connectivity index (χ4n) is 1.71. The van der Waals surface area contributed by atoms with Gasteiger partial charge < -0.3 is 10.0 Å². The van der Waals surface area contributed by atoms with E-state index in [2.05, 4.69) is 4.90 Å². The Morgan fingerprint density at radius 3 is 3.06 bits per heavy atom. The minimum atomic E-state index is -0.739. The molecule has 0 bridgehead atoms. The Bertz CT molecular complexity index is 399. The van der Waals surface area contributed by atoms with E-state index in [4.69, 9.17) is 16.7 Å². The molecule has 1 unspecified atom stereocenters. The molecule has 1 heterocycles. The van der Waals surface area contributed by atoms with E-state index in [-0.39, 0.29) is 5.25 Å². The SMILES string of the molecule is O=C(O)C1CN(c2cccc(Cl)c2)CCS1. The van der Waals surface area contributed by atoms with Crippen LogP contribution in [0.5, 0.6) is 0 Å². The predicted molar refractivity (Wildman–Crippen MR) is 67.5 cm³/mol. The third-order valence-corrected chi connectivity index (χ3v) is 3.92. The topological polar surface area (TPSA) is 40.5 Å². The first-order valence-electron chi connectivity index (χ1n) is 5.02. The van der Waals surface area contributed by atoms with Crippen LogP contribution in [-0.4, -0.2) is 35.2 Å². The summed E-state index contributed by atoms with van der Waals surface area (Å²) >= 11 is 7.41. The Kier molecular flexibility index (Phi) is 3.61. The van der Waals surface area contributed by atoms with Crippen molar-refractivity contribution in [1.82, 2.24) is 0 Å². The standard InChI is InChI=1S/C11H12ClNO2S/c12-8-2-1-3-9(6-8)13-4-5-16-10(7-13)11(14)15/h1-3,6,10H,4-5,7H2,(H,14,15). The Labute approximate surface area is 103 Å². The van der Waals surface area contributed by atoms with Gasteiger partial charge in [-0.05, 0) is 18.2 Å². The van der Waals surface area contributed by atoms with Gasteiger partial charge in [-0.1, -0.05) is 17.7 Å². The molecule has 1 aliphatic heterocycles. The van der Waals surface area contributed by atoms with Gasteiger partial charge in [0.25, 0.3) is 0 Å². The van der Waals surface area contributed by atoms with Crippen molar-refractivity contribution in [2.45, 2.75) is 5.25 Å². The fourth-order valence-corrected chi connectivity index (χ4v) is 2.93. The van der Waals surface area contributed by atoms with E-state index in [1.165, 1.54) is 11.8 Å². The number of nitrogens with zero attached hydrogens (tertiary/aromatic N) is 1. The molecule has 1 fully saturated rings. The van der Waals surface area contributed by atoms with Gasteiger partial charge in [-0.2, -0.15) is 0 Å². The van der Waals surface area contributed by atoms with E-state index in [1.807, 2.05) is 24.3 Å². The summed E-state index contributed by atoms with van der Waals surface area (Å²) in [6.45, 7) is 1.41. The van der Waals surface area contributed by atoms with Crippen LogP contribution in [0.3, 0.4) is 0 Å². The number of carboxylic acid groups (broad SMARTS) is 1. The minimum Gasteiger partial charge on any atom is -0.480 e. The summed E-state index contributed by atoms with van der Waals surface area (Å²) in [6.07, 6.45) is 0. The van der Waals surface area contributed by atoms with E-state index in [0.29, 0.717) is 11.6 Å². The first kappa shape index (κ1) is 11.6. The number of rotatable bonds is 2. The minimum absolute atomic E-state index is 0.340. The molecule has 1 atom stereocenters. The number of aliphatic carboxylic acids is 1. The van der Waals surface area contributed by atoms with Gasteiger partial charge in [0, 0.05) is 29.6 Å². The smallest absolute Gasteiger partial charge is 0.318 e. The molecular weight excluding hydrogens is 246 g/mol. The largest absolute Gasteiger partial charge is 0.480 e. The Balaban J connectivity index is 2.12. The number of hydrogen-bond acceptors (Lipinski definition) is 3. The summed E-state index contributed by atoms with van der Waals surface area (Å²) in [6, 6.07) is 7.53. The lowest BCUT2D eigenvalue weighted by Crippen LogP contribution is -2.41. The summed E-state index contributed by atoms with van der Waals surface area (Å²) in [5.74, 6) is 0.0976. The number of carboxylic acids is 1. The molecule has 0 amide bonds. The third-order valence-electron chi connectivity index (χ3n) is 2.52. The van der Waals surface area contributed by atoms with Gasteiger partial charge in [-0.3, -0.25) is 4.79 Å². The van der Waals surface area contributed by atoms with Crippen molar-refractivity contribution in [3.05, 3.63) is 29.3 Å². The number of halogens is 1. The summed E-state index contributed by atoms with van der Waals surface area (Å²) in [4.78, 5) is 13.0. The first-order valence-corrected chi connectivity index (χ1v) is 6.44. The van der Waals surface area contributed by atoms with Crippen molar-refractivity contribution in [3.63, 3.8) is 0 Å². The van der Waals surface area contributed by atoms with Gasteiger partial charge in [0.05, 0.1) is 0 Å². The van der Waals surface area contributed by atoms with Crippen LogP contribution >= 0.6 is 23.4 Å². The highest BCUT2D eigenvalue weighted by molar-refractivity contribution is 8.00. The van der Waals surface area contributed by atoms with Crippen molar-refractivity contribution in [3.8, 4) is 0 Å². The lowest BCUT2D eigenvalue weighted by molar-refractivity contribution is -0.136. The summed E-state index contributed by atoms with van der Waals surface area (Å²) < 4.78 is 0. The molecule has 0 spiro atoms. The van der Waals surface area contributed by atoms with Crippen LogP contribution in [0.15, 0.2) is 24.3 Å². The molecule has 1 N–H and O–H groups in total. The summed E-state index contributed by atoms with van der Waals surface area (Å²) in [5.41, 5.74) is 0.999. The van der Waals surface area contributed by atoms with Crippen LogP contribution in [0.25, 0.3) is 0 Å². The van der Waals surface area contributed by atoms with Gasteiger partial charge in [0.1, 0.15) is 5.25 Å². The fraction of sp³-hybridized carbons (Fsp3) is 0.364. The zero-order valence-electron chi connectivity index (χ0n) is 8.60. The Morgan fingerprint density at radius 1 is 1.56 bits per heavy atom. The maximum atomic E-state index is 10.9. The van der Waals surface area contributed by atoms with Crippen LogP contribution in [0.1, 0.15) is 0 Å². The normalized spacial score (nSPS) is 20.8. The molecule has 0 aromatic heterocycles. The zero-order chi connectivity index (χ0) is 11.5. The van der Waals surface area contributed by atoms with E-state index in [9.17, 15) is 4.79 Å². The average molecular weight is 258 g/mol. The highest BCUT2D eigenvalue weighted by Gasteiger charge is 2.26. The number of carbonyl (C=O) groups is 1. The molecule has 16 heavy (non-hydrogen) atoms. The van der Waals surface area contributed by atoms with Crippen LogP contribution in [-0.2, 0) is 4.79 Å². The maximum absolute atomic E-state index is 10.9. The molecular formula is C11H12ClNO2S. The lowest BCUT2D eigenvalue weighted by atomic mass is 10.2. The van der Waals surface area contributed by atoms with Crippen LogP contribution in [0.4, 0.5) is 5.69 Å². The van der Waals surface area contributed by atoms with Crippen molar-refractivity contribution in [1.29, 1.82) is 0 Å². The molecule has 1 saturated heterocycles. The monoisotopic (exact) mass is 257 g/mol. The zero-order valence-corrected chi connectivity index (χ0v) is 10.2. The summed E-state index contributed by atoms with van der Waals surface area (Å²) in [5, 5.41) is 9.33. The number of anilines is 1. The molecule has 1 aromatic rings. The predicted octanol–water partition coefficient (Wildman–Crippen LogP) is 2.35. The van der Waals surface area contributed by atoms with Crippen LogP contribution in [0, 0.1) is 0 Å². The van der Waals surface area contributed by atoms with E-state index >= 15 is 0 Å². The van der Waals surface area contributed by atoms with Crippen molar-refractivity contribution in [2.24, 2.45) is 0 Å². The second-order valence-corrected chi connectivity index (χ2v) is 5.37. The first-order chi connectivity index (χ1) is 7.66. The number of hydrogen-bond donors (Lipinski definition) is 1. The molecule has 86 valence electrons. The molecule has 0 radical (unpaired) electrons. The second-order valence-electron chi connectivity index (χ2n) is 3.62. The van der Waals surface area contributed by atoms with Gasteiger partial charge >= 0.3 is 5.97 Å². The average Bonchev–Trinajstić information content (AvgIpc) is 2.29. The van der Waals surface area contributed by atoms with Crippen LogP contribution in [0.2, 0.25) is 5.02 Å². The number of thioether (sulfide) groups is 1. The second kappa shape index (κ2) is 4.97. The van der Waals surface area contributed by atoms with Gasteiger partial charge in [0.2, 0.25) is 0 Å². The molecule has 2 rings (SSSR count). The van der Waals surface area contributed by atoms with E-state index < -0.39 is 5.97 Å². The Morgan fingerprint density at radius 2 is 2.38 bits per heavy atom. The number of benzene rings is 1. The molecule has 1 aliphatic rings. The quantitative estimate of drug-likeness (QED) is 0.883. The maximum Gasteiger partial charge on any atom is 0.318 e. The highest BCUT2D eigenvalue weighted by atomic mass is 35.5. The summed E-state index contributed by atoms with van der Waals surface area (Å²) in [7, 11) is 0. The third kappa shape index (κ3) is 2.62.